The second-order valence-corrected chi connectivity index (χ2v) is 44.2. The molecule has 7 heterocycles. The number of methoxy groups -OCH3 is 2. The van der Waals surface area contributed by atoms with Gasteiger partial charge in [-0.2, -0.15) is 0 Å². The van der Waals surface area contributed by atoms with Crippen LogP contribution in [0.5, 0.6) is 46.0 Å². The molecule has 0 unspecified atom stereocenters. The molecule has 2 saturated heterocycles. The van der Waals surface area contributed by atoms with Crippen LogP contribution in [-0.4, -0.2) is 139 Å². The van der Waals surface area contributed by atoms with Crippen LogP contribution in [0.4, 0.5) is 33.2 Å². The summed E-state index contributed by atoms with van der Waals surface area (Å²) in [7, 11) is 10.4. The molecular formula is C60H60As2N6O12S4. The number of anilines is 4. The first-order chi connectivity index (χ1) is 40.9. The number of nitrogens with one attached hydrogen (secondary N) is 1. The van der Waals surface area contributed by atoms with E-state index in [1.54, 1.807) is 12.1 Å². The summed E-state index contributed by atoms with van der Waals surface area (Å²) in [4.78, 5) is 63.4. The molecule has 0 atom stereocenters. The van der Waals surface area contributed by atoms with Crippen LogP contribution in [0.15, 0.2) is 84.9 Å². The van der Waals surface area contributed by atoms with Crippen LogP contribution in [0.25, 0.3) is 0 Å². The fourth-order valence-electron chi connectivity index (χ4n) is 12.7. The van der Waals surface area contributed by atoms with E-state index < -0.39 is 47.8 Å². The first kappa shape index (κ1) is 56.9. The summed E-state index contributed by atoms with van der Waals surface area (Å²) in [5.74, 6) is 6.51. The van der Waals surface area contributed by atoms with E-state index in [-0.39, 0.29) is 65.6 Å². The van der Waals surface area contributed by atoms with Gasteiger partial charge in [-0.1, -0.05) is 0 Å². The maximum absolute atomic E-state index is 15.1. The van der Waals surface area contributed by atoms with Crippen molar-refractivity contribution >= 4 is 120 Å². The predicted octanol–water partition coefficient (Wildman–Crippen LogP) is 9.93. The van der Waals surface area contributed by atoms with E-state index in [0.717, 1.165) is 116 Å². The van der Waals surface area contributed by atoms with Crippen LogP contribution in [0, 0.1) is 10.1 Å². The third kappa shape index (κ3) is 9.84. The molecule has 13 rings (SSSR count). The number of phenolic OH excluding ortho intramolecular Hbond substituents is 2. The van der Waals surface area contributed by atoms with Crippen molar-refractivity contribution in [1.82, 2.24) is 10.2 Å². The Bertz CT molecular complexity index is 3610. The summed E-state index contributed by atoms with van der Waals surface area (Å²) in [6, 6.07) is 25.6. The molecule has 0 aromatic heterocycles. The van der Waals surface area contributed by atoms with Crippen molar-refractivity contribution in [2.24, 2.45) is 0 Å². The molecule has 6 aromatic carbocycles. The van der Waals surface area contributed by atoms with Crippen molar-refractivity contribution in [3.05, 3.63) is 134 Å². The summed E-state index contributed by atoms with van der Waals surface area (Å²) in [6.45, 7) is 5.05. The molecule has 0 bridgehead atoms. The number of nitro benzene ring substituents is 1. The number of hydrogen-bond donors (Lipinski definition) is 3. The van der Waals surface area contributed by atoms with Crippen molar-refractivity contribution < 1.29 is 53.2 Å². The topological polar surface area (TPSA) is 206 Å². The van der Waals surface area contributed by atoms with Gasteiger partial charge in [-0.15, -0.1) is 0 Å². The van der Waals surface area contributed by atoms with Gasteiger partial charge in [-0.25, -0.2) is 9.69 Å². The number of carbonyl (C=O) groups is 3. The van der Waals surface area contributed by atoms with E-state index in [9.17, 15) is 29.9 Å². The zero-order valence-corrected chi connectivity index (χ0v) is 53.4. The zero-order chi connectivity index (χ0) is 58.0. The number of rotatable bonds is 15. The molecular weight excluding hydrogens is 1270 g/mol. The number of aromatic hydroxyl groups is 2. The van der Waals surface area contributed by atoms with Crippen LogP contribution in [-0.2, 0) is 34.5 Å². The molecule has 7 aliphatic rings. The van der Waals surface area contributed by atoms with E-state index in [1.165, 1.54) is 31.3 Å². The Morgan fingerprint density at radius 2 is 1.32 bits per heavy atom. The normalized spacial score (nSPS) is 17.3. The van der Waals surface area contributed by atoms with E-state index >= 15 is 4.79 Å². The number of phenols is 2. The van der Waals surface area contributed by atoms with Crippen LogP contribution in [0.1, 0.15) is 76.3 Å². The van der Waals surface area contributed by atoms with Crippen LogP contribution in [0.3, 0.4) is 0 Å². The van der Waals surface area contributed by atoms with Crippen molar-refractivity contribution in [3.63, 3.8) is 0 Å². The summed E-state index contributed by atoms with van der Waals surface area (Å²) in [6.07, 6.45) is 3.36. The molecule has 24 heteroatoms. The van der Waals surface area contributed by atoms with E-state index in [0.29, 0.717) is 52.9 Å². The van der Waals surface area contributed by atoms with Gasteiger partial charge in [0.1, 0.15) is 6.61 Å². The fourth-order valence-corrected chi connectivity index (χ4v) is 42.3. The number of benzene rings is 6. The number of nitrogens with zero attached hydrogens (tertiary/aromatic N) is 5. The van der Waals surface area contributed by atoms with Gasteiger partial charge < -0.3 is 28.7 Å². The number of nitro groups is 1. The second-order valence-electron chi connectivity index (χ2n) is 21.0. The van der Waals surface area contributed by atoms with Crippen LogP contribution >= 0.6 is 40.1 Å². The molecule has 18 nitrogen and oxygen atoms in total. The number of aryl methyl sites for hydroxylation is 2. The summed E-state index contributed by atoms with van der Waals surface area (Å²) >= 11 is -3.85. The molecule has 1 spiro atoms. The SMILES string of the molecule is CCN1CCCc2cc3c(cc21)Oc1cc2c(cc1N3C(=O)OCc1cc(OC)c(OC)cc1[N+](=O)[O-])CCCN2CCCC(=O)NCCN1C(=O)c2ccccc2C12c1ccc(O)c([As]3SCCS3)c1Oc1c2ccc(O)c1[As]1SCCS1. The molecule has 0 aliphatic carbocycles. The van der Waals surface area contributed by atoms with Gasteiger partial charge in [0.25, 0.3) is 5.69 Å². The van der Waals surface area contributed by atoms with Gasteiger partial charge in [-0.05, 0) is 61.9 Å². The van der Waals surface area contributed by atoms with Crippen molar-refractivity contribution in [3.8, 4) is 46.0 Å². The van der Waals surface area contributed by atoms with Crippen LogP contribution in [0.2, 0.25) is 0 Å². The molecule has 2 fully saturated rings. The Kier molecular flexibility index (Phi) is 16.0. The minimum atomic E-state index is -1.92. The first-order valence-corrected chi connectivity index (χ1v) is 42.8. The Morgan fingerprint density at radius 3 is 1.92 bits per heavy atom. The second kappa shape index (κ2) is 23.6. The average Bonchev–Trinajstić information content (AvgIpc) is 2.34. The predicted molar refractivity (Wildman–Crippen MR) is 335 cm³/mol. The van der Waals surface area contributed by atoms with Gasteiger partial charge in [0.15, 0.2) is 23.0 Å². The fraction of sp³-hybridized carbons (Fsp3) is 0.350. The maximum atomic E-state index is 15.1. The Hall–Kier alpha value is -6.15. The number of fused-ring (bicyclic) bond motifs is 10. The Morgan fingerprint density at radius 1 is 0.738 bits per heavy atom. The number of carbonyl (C=O) groups excluding carboxylic acids is 3. The average molecular weight is 1340 g/mol. The van der Waals surface area contributed by atoms with Crippen LogP contribution < -0.4 is 47.7 Å². The third-order valence-electron chi connectivity index (χ3n) is 16.4. The molecule has 3 N–H and O–H groups in total. The molecule has 0 saturated carbocycles. The Labute approximate surface area is 508 Å². The number of ether oxygens (including phenoxy) is 5. The summed E-state index contributed by atoms with van der Waals surface area (Å²) in [5, 5.41) is 38.8. The monoisotopic (exact) mass is 1330 g/mol. The first-order valence-electron chi connectivity index (χ1n) is 28.0. The van der Waals surface area contributed by atoms with E-state index in [4.69, 9.17) is 23.7 Å². The standard InChI is InChI=1S/C60H60As2N6O12S4/c1-4-64-20-7-10-35-28-45-49(31-42(35)64)79-50-32-43-36(29-46(50)67(45)59(73)78-34-37-30-51(76-2)52(77-3)33-44(37)68(74)75)11-8-21-65(43)22-9-14-53(71)63-19-23-66-58(72)38-12-5-6-13-39(38)60(66)40-15-17-47(69)54(61-81-24-25-82-61)56(40)80-57-41(60)16-18-48(70)55(57)62-83-26-27-84-62/h5-6,12-13,15-18,28-33,69-70H,4,7-11,14,19-27,34H2,1-3H3,(H,63,71). The quantitative estimate of drug-likeness (QED) is 0.0497. The van der Waals surface area contributed by atoms with Gasteiger partial charge >= 0.3 is 281 Å². The van der Waals surface area contributed by atoms with Crippen molar-refractivity contribution in [2.75, 3.05) is 91.2 Å². The van der Waals surface area contributed by atoms with Gasteiger partial charge in [0, 0.05) is 43.1 Å². The minimum absolute atomic E-state index is 0.136. The third-order valence-corrected chi connectivity index (χ3v) is 43.6. The van der Waals surface area contributed by atoms with Gasteiger partial charge in [0.05, 0.1) is 42.1 Å². The molecule has 0 radical (unpaired) electrons. The summed E-state index contributed by atoms with van der Waals surface area (Å²) < 4.78 is 32.3. The number of hydrogen-bond acceptors (Lipinski definition) is 18. The van der Waals surface area contributed by atoms with E-state index in [1.807, 2.05) is 106 Å². The molecule has 6 aromatic rings. The summed E-state index contributed by atoms with van der Waals surface area (Å²) in [5.41, 5.74) is 6.65. The number of amides is 3. The molecule has 3 amide bonds. The van der Waals surface area contributed by atoms with Gasteiger partial charge in [-0.3, -0.25) is 10.1 Å². The molecule has 84 heavy (non-hydrogen) atoms. The Balaban J connectivity index is 0.751. The molecule has 436 valence electrons. The molecule has 7 aliphatic heterocycles. The van der Waals surface area contributed by atoms with Crippen molar-refractivity contribution in [1.29, 1.82) is 0 Å². The van der Waals surface area contributed by atoms with Crippen molar-refractivity contribution in [2.45, 2.75) is 57.6 Å². The van der Waals surface area contributed by atoms with Gasteiger partial charge in [0.2, 0.25) is 0 Å². The van der Waals surface area contributed by atoms with E-state index in [2.05, 4.69) is 22.0 Å². The zero-order valence-electron chi connectivity index (χ0n) is 46.3.